The summed E-state index contributed by atoms with van der Waals surface area (Å²) in [4.78, 5) is 2.57. The Morgan fingerprint density at radius 1 is 1.00 bits per heavy atom. The minimum absolute atomic E-state index is 0.304. The van der Waals surface area contributed by atoms with Gasteiger partial charge in [-0.3, -0.25) is 0 Å². The van der Waals surface area contributed by atoms with E-state index in [1.165, 1.54) is 51.6 Å². The Hall–Kier alpha value is -0.0800. The number of hydrogen-bond donors (Lipinski definition) is 0. The quantitative estimate of drug-likeness (QED) is 0.676. The molecule has 0 atom stereocenters. The predicted octanol–water partition coefficient (Wildman–Crippen LogP) is 3.95. The maximum Gasteiger partial charge on any atom is 0.0593 e. The van der Waals surface area contributed by atoms with Crippen LogP contribution < -0.4 is 0 Å². The molecule has 0 spiro atoms. The lowest BCUT2D eigenvalue weighted by molar-refractivity contribution is 0.0172. The number of nitrogens with zero attached hydrogens (tertiary/aromatic N) is 1. The smallest absolute Gasteiger partial charge is 0.0593 e. The molecule has 1 saturated carbocycles. The Morgan fingerprint density at radius 2 is 1.68 bits per heavy atom. The van der Waals surface area contributed by atoms with Crippen LogP contribution in [0.5, 0.6) is 0 Å². The van der Waals surface area contributed by atoms with Gasteiger partial charge in [0.2, 0.25) is 0 Å². The lowest BCUT2D eigenvalue weighted by atomic mass is 9.80. The molecule has 1 aliphatic heterocycles. The van der Waals surface area contributed by atoms with Gasteiger partial charge >= 0.3 is 0 Å². The summed E-state index contributed by atoms with van der Waals surface area (Å²) in [6, 6.07) is 0. The van der Waals surface area contributed by atoms with Crippen molar-refractivity contribution in [3.05, 3.63) is 0 Å². The molecule has 1 saturated heterocycles. The third-order valence-electron chi connectivity index (χ3n) is 4.51. The van der Waals surface area contributed by atoms with Crippen molar-refractivity contribution >= 4 is 0 Å². The zero-order chi connectivity index (χ0) is 13.7. The third-order valence-corrected chi connectivity index (χ3v) is 4.51. The van der Waals surface area contributed by atoms with Crippen molar-refractivity contribution in [3.63, 3.8) is 0 Å². The van der Waals surface area contributed by atoms with Gasteiger partial charge in [-0.1, -0.05) is 52.9 Å². The van der Waals surface area contributed by atoms with Crippen LogP contribution in [0.15, 0.2) is 0 Å². The van der Waals surface area contributed by atoms with Gasteiger partial charge in [0.1, 0.15) is 0 Å². The highest BCUT2D eigenvalue weighted by atomic mass is 16.5. The largest absolute Gasteiger partial charge is 0.380 e. The topological polar surface area (TPSA) is 12.5 Å². The minimum Gasteiger partial charge on any atom is -0.380 e. The molecule has 2 fully saturated rings. The Balaban J connectivity index is 1.47. The Kier molecular flexibility index (Phi) is 5.70. The average Bonchev–Trinajstić information content (AvgIpc) is 2.30. The maximum atomic E-state index is 5.75. The molecule has 2 aliphatic rings. The summed E-state index contributed by atoms with van der Waals surface area (Å²) in [5, 5.41) is 0. The van der Waals surface area contributed by atoms with Gasteiger partial charge in [0, 0.05) is 19.6 Å². The molecule has 0 radical (unpaired) electrons. The van der Waals surface area contributed by atoms with E-state index in [4.69, 9.17) is 4.74 Å². The van der Waals surface area contributed by atoms with E-state index in [2.05, 4.69) is 25.7 Å². The van der Waals surface area contributed by atoms with Crippen molar-refractivity contribution in [2.75, 3.05) is 32.8 Å². The number of rotatable bonds is 6. The molecule has 2 nitrogen and oxygen atoms in total. The highest BCUT2D eigenvalue weighted by molar-refractivity contribution is 4.82. The molecule has 0 N–H and O–H groups in total. The molecule has 1 heterocycles. The summed E-state index contributed by atoms with van der Waals surface area (Å²) in [6.07, 6.45) is 8.97. The van der Waals surface area contributed by atoms with Crippen LogP contribution in [0.2, 0.25) is 0 Å². The van der Waals surface area contributed by atoms with Gasteiger partial charge in [0.05, 0.1) is 13.2 Å². The Morgan fingerprint density at radius 3 is 2.32 bits per heavy atom. The van der Waals surface area contributed by atoms with Crippen LogP contribution in [0.3, 0.4) is 0 Å². The molecule has 0 unspecified atom stereocenters. The van der Waals surface area contributed by atoms with Crippen LogP contribution in [0.25, 0.3) is 0 Å². The normalized spacial score (nSPS) is 23.5. The first-order chi connectivity index (χ1) is 9.03. The van der Waals surface area contributed by atoms with Crippen LogP contribution in [0.1, 0.15) is 59.3 Å². The standard InChI is InChI=1S/C17H33NO/c1-17(2,3)14-19-10-9-18-12-16(13-18)11-15-7-5-4-6-8-15/h15-16H,4-14H2,1-3H3. The van der Waals surface area contributed by atoms with Crippen LogP contribution >= 0.6 is 0 Å². The molecule has 2 rings (SSSR count). The van der Waals surface area contributed by atoms with E-state index in [0.717, 1.165) is 31.6 Å². The fourth-order valence-corrected chi connectivity index (χ4v) is 3.47. The van der Waals surface area contributed by atoms with Crippen molar-refractivity contribution in [1.29, 1.82) is 0 Å². The van der Waals surface area contributed by atoms with Gasteiger partial charge in [0.15, 0.2) is 0 Å². The minimum atomic E-state index is 0.304. The molecule has 1 aliphatic carbocycles. The Bertz CT molecular complexity index is 246. The molecule has 112 valence electrons. The van der Waals surface area contributed by atoms with Gasteiger partial charge < -0.3 is 9.64 Å². The fourth-order valence-electron chi connectivity index (χ4n) is 3.47. The predicted molar refractivity (Wildman–Crippen MR) is 81.4 cm³/mol. The molecule has 0 aromatic rings. The number of hydrogen-bond acceptors (Lipinski definition) is 2. The molecular weight excluding hydrogens is 234 g/mol. The molecule has 0 aromatic carbocycles. The molecular formula is C17H33NO. The van der Waals surface area contributed by atoms with Crippen LogP contribution in [-0.4, -0.2) is 37.7 Å². The first-order valence-electron chi connectivity index (χ1n) is 8.33. The van der Waals surface area contributed by atoms with E-state index in [-0.39, 0.29) is 0 Å². The summed E-state index contributed by atoms with van der Waals surface area (Å²) in [5.74, 6) is 2.05. The van der Waals surface area contributed by atoms with Gasteiger partial charge in [-0.05, 0) is 23.7 Å². The molecule has 2 heteroatoms. The summed E-state index contributed by atoms with van der Waals surface area (Å²) < 4.78 is 5.75. The highest BCUT2D eigenvalue weighted by Crippen LogP contribution is 2.32. The second-order valence-corrected chi connectivity index (χ2v) is 7.98. The van der Waals surface area contributed by atoms with Crippen molar-refractivity contribution < 1.29 is 4.74 Å². The van der Waals surface area contributed by atoms with Crippen molar-refractivity contribution in [3.8, 4) is 0 Å². The molecule has 0 amide bonds. The molecule has 0 bridgehead atoms. The number of ether oxygens (including phenoxy) is 1. The Labute approximate surface area is 119 Å². The second-order valence-electron chi connectivity index (χ2n) is 7.98. The van der Waals surface area contributed by atoms with E-state index in [0.29, 0.717) is 5.41 Å². The summed E-state index contributed by atoms with van der Waals surface area (Å²) in [6.45, 7) is 12.3. The highest BCUT2D eigenvalue weighted by Gasteiger charge is 2.29. The van der Waals surface area contributed by atoms with E-state index >= 15 is 0 Å². The monoisotopic (exact) mass is 267 g/mol. The van der Waals surface area contributed by atoms with E-state index < -0.39 is 0 Å². The first kappa shape index (κ1) is 15.3. The van der Waals surface area contributed by atoms with Crippen molar-refractivity contribution in [2.24, 2.45) is 17.3 Å². The van der Waals surface area contributed by atoms with E-state index in [1.54, 1.807) is 0 Å². The van der Waals surface area contributed by atoms with Gasteiger partial charge in [-0.2, -0.15) is 0 Å². The fraction of sp³-hybridized carbons (Fsp3) is 1.00. The zero-order valence-electron chi connectivity index (χ0n) is 13.3. The van der Waals surface area contributed by atoms with Crippen molar-refractivity contribution in [1.82, 2.24) is 4.90 Å². The second kappa shape index (κ2) is 7.08. The summed E-state index contributed by atoms with van der Waals surface area (Å²) in [5.41, 5.74) is 0.304. The molecule has 0 aromatic heterocycles. The van der Waals surface area contributed by atoms with Crippen LogP contribution in [-0.2, 0) is 4.74 Å². The van der Waals surface area contributed by atoms with Crippen molar-refractivity contribution in [2.45, 2.75) is 59.3 Å². The van der Waals surface area contributed by atoms with E-state index in [1.807, 2.05) is 0 Å². The SMILES string of the molecule is CC(C)(C)COCCN1CC(CC2CCCCC2)C1. The summed E-state index contributed by atoms with van der Waals surface area (Å²) >= 11 is 0. The van der Waals surface area contributed by atoms with Gasteiger partial charge in [-0.15, -0.1) is 0 Å². The summed E-state index contributed by atoms with van der Waals surface area (Å²) in [7, 11) is 0. The van der Waals surface area contributed by atoms with Crippen LogP contribution in [0, 0.1) is 17.3 Å². The van der Waals surface area contributed by atoms with Crippen LogP contribution in [0.4, 0.5) is 0 Å². The first-order valence-corrected chi connectivity index (χ1v) is 8.33. The lowest BCUT2D eigenvalue weighted by Crippen LogP contribution is -2.48. The van der Waals surface area contributed by atoms with Gasteiger partial charge in [-0.25, -0.2) is 0 Å². The average molecular weight is 267 g/mol. The maximum absolute atomic E-state index is 5.75. The molecule has 19 heavy (non-hydrogen) atoms. The van der Waals surface area contributed by atoms with Gasteiger partial charge in [0.25, 0.3) is 0 Å². The van der Waals surface area contributed by atoms with E-state index in [9.17, 15) is 0 Å². The third kappa shape index (κ3) is 5.83. The number of likely N-dealkylation sites (tertiary alicyclic amines) is 1. The lowest BCUT2D eigenvalue weighted by Gasteiger charge is -2.41. The zero-order valence-corrected chi connectivity index (χ0v) is 13.3.